The number of hydrogen-bond donors (Lipinski definition) is 2. The molecular formula is C13H22N4. The van der Waals surface area contributed by atoms with E-state index in [0.717, 1.165) is 18.9 Å². The maximum absolute atomic E-state index is 5.39. The molecule has 0 aliphatic carbocycles. The smallest absolute Gasteiger partial charge is 0.141 e. The summed E-state index contributed by atoms with van der Waals surface area (Å²) < 4.78 is 0. The van der Waals surface area contributed by atoms with E-state index in [-0.39, 0.29) is 0 Å². The number of hydrazine groups is 1. The van der Waals surface area contributed by atoms with Gasteiger partial charge in [-0.15, -0.1) is 0 Å². The van der Waals surface area contributed by atoms with Gasteiger partial charge in [-0.25, -0.2) is 10.8 Å². The van der Waals surface area contributed by atoms with Crippen LogP contribution in [0, 0.1) is 5.41 Å². The first kappa shape index (κ1) is 12.2. The highest BCUT2D eigenvalue weighted by molar-refractivity contribution is 5.53. The average Bonchev–Trinajstić information content (AvgIpc) is 2.50. The standard InChI is InChI=1S/C13H22N4/c1-13(2)5-3-8-17(9-6-13)11-4-7-15-12(10-11)16-14/h4,7,10H,3,5-6,8-9,14H2,1-2H3,(H,15,16). The van der Waals surface area contributed by atoms with Crippen LogP contribution in [-0.2, 0) is 0 Å². The third-order valence-electron chi connectivity index (χ3n) is 3.60. The Morgan fingerprint density at radius 1 is 1.35 bits per heavy atom. The molecule has 0 saturated carbocycles. The van der Waals surface area contributed by atoms with Crippen molar-refractivity contribution in [1.29, 1.82) is 0 Å². The van der Waals surface area contributed by atoms with Gasteiger partial charge >= 0.3 is 0 Å². The van der Waals surface area contributed by atoms with Crippen molar-refractivity contribution >= 4 is 11.5 Å². The summed E-state index contributed by atoms with van der Waals surface area (Å²) in [5.41, 5.74) is 4.28. The van der Waals surface area contributed by atoms with Crippen molar-refractivity contribution in [2.75, 3.05) is 23.4 Å². The van der Waals surface area contributed by atoms with Crippen molar-refractivity contribution in [2.45, 2.75) is 33.1 Å². The van der Waals surface area contributed by atoms with Crippen LogP contribution >= 0.6 is 0 Å². The van der Waals surface area contributed by atoms with Crippen molar-refractivity contribution in [2.24, 2.45) is 11.3 Å². The lowest BCUT2D eigenvalue weighted by atomic mass is 9.85. The maximum Gasteiger partial charge on any atom is 0.141 e. The summed E-state index contributed by atoms with van der Waals surface area (Å²) in [6.45, 7) is 6.95. The molecule has 1 saturated heterocycles. The number of rotatable bonds is 2. The minimum absolute atomic E-state index is 0.469. The Labute approximate surface area is 103 Å². The molecule has 94 valence electrons. The van der Waals surface area contributed by atoms with Crippen molar-refractivity contribution in [3.63, 3.8) is 0 Å². The third kappa shape index (κ3) is 3.09. The minimum Gasteiger partial charge on any atom is -0.371 e. The first-order chi connectivity index (χ1) is 8.11. The summed E-state index contributed by atoms with van der Waals surface area (Å²) in [5, 5.41) is 0. The van der Waals surface area contributed by atoms with Crippen LogP contribution in [0.4, 0.5) is 11.5 Å². The predicted octanol–water partition coefficient (Wildman–Crippen LogP) is 2.38. The fourth-order valence-corrected chi connectivity index (χ4v) is 2.38. The molecule has 17 heavy (non-hydrogen) atoms. The van der Waals surface area contributed by atoms with Gasteiger partial charge in [0.1, 0.15) is 5.82 Å². The summed E-state index contributed by atoms with van der Waals surface area (Å²) in [4.78, 5) is 6.57. The molecule has 0 bridgehead atoms. The van der Waals surface area contributed by atoms with Crippen LogP contribution in [0.15, 0.2) is 18.3 Å². The van der Waals surface area contributed by atoms with Crippen LogP contribution < -0.4 is 16.2 Å². The molecule has 1 aromatic heterocycles. The molecule has 0 atom stereocenters. The van der Waals surface area contributed by atoms with Crippen molar-refractivity contribution in [3.05, 3.63) is 18.3 Å². The summed E-state index contributed by atoms with van der Waals surface area (Å²) in [6.07, 6.45) is 5.60. The van der Waals surface area contributed by atoms with Gasteiger partial charge in [-0.3, -0.25) is 0 Å². The van der Waals surface area contributed by atoms with Gasteiger partial charge in [0.25, 0.3) is 0 Å². The van der Waals surface area contributed by atoms with E-state index < -0.39 is 0 Å². The van der Waals surface area contributed by atoms with Crippen LogP contribution in [0.3, 0.4) is 0 Å². The predicted molar refractivity (Wildman–Crippen MR) is 71.9 cm³/mol. The number of hydrogen-bond acceptors (Lipinski definition) is 4. The molecule has 0 spiro atoms. The average molecular weight is 234 g/mol. The molecular weight excluding hydrogens is 212 g/mol. The lowest BCUT2D eigenvalue weighted by Gasteiger charge is -2.25. The largest absolute Gasteiger partial charge is 0.371 e. The van der Waals surface area contributed by atoms with Crippen LogP contribution in [0.5, 0.6) is 0 Å². The first-order valence-electron chi connectivity index (χ1n) is 6.28. The number of nitrogen functional groups attached to an aromatic ring is 1. The summed E-state index contributed by atoms with van der Waals surface area (Å²) in [5.74, 6) is 6.12. The molecule has 1 aliphatic rings. The van der Waals surface area contributed by atoms with E-state index in [9.17, 15) is 0 Å². The Balaban J connectivity index is 2.11. The van der Waals surface area contributed by atoms with Gasteiger partial charge in [0.05, 0.1) is 0 Å². The Bertz CT molecular complexity index is 375. The maximum atomic E-state index is 5.39. The van der Waals surface area contributed by atoms with Gasteiger partial charge in [0, 0.05) is 31.0 Å². The lowest BCUT2D eigenvalue weighted by molar-refractivity contribution is 0.325. The molecule has 0 aromatic carbocycles. The molecule has 3 N–H and O–H groups in total. The van der Waals surface area contributed by atoms with Gasteiger partial charge in [0.2, 0.25) is 0 Å². The van der Waals surface area contributed by atoms with Crippen molar-refractivity contribution in [3.8, 4) is 0 Å². The molecule has 1 aliphatic heterocycles. The first-order valence-corrected chi connectivity index (χ1v) is 6.28. The zero-order valence-corrected chi connectivity index (χ0v) is 10.7. The van der Waals surface area contributed by atoms with E-state index in [1.807, 2.05) is 6.07 Å². The van der Waals surface area contributed by atoms with Gasteiger partial charge < -0.3 is 10.3 Å². The second kappa shape index (κ2) is 4.92. The molecule has 4 nitrogen and oxygen atoms in total. The van der Waals surface area contributed by atoms with Gasteiger partial charge in [-0.05, 0) is 30.7 Å². The molecule has 4 heteroatoms. The molecule has 1 aromatic rings. The quantitative estimate of drug-likeness (QED) is 0.609. The highest BCUT2D eigenvalue weighted by Gasteiger charge is 2.23. The summed E-state index contributed by atoms with van der Waals surface area (Å²) in [6, 6.07) is 4.07. The highest BCUT2D eigenvalue weighted by Crippen LogP contribution is 2.31. The van der Waals surface area contributed by atoms with E-state index in [0.29, 0.717) is 5.41 Å². The number of anilines is 2. The fraction of sp³-hybridized carbons (Fsp3) is 0.615. The zero-order valence-electron chi connectivity index (χ0n) is 10.7. The highest BCUT2D eigenvalue weighted by atomic mass is 15.2. The normalized spacial score (nSPS) is 19.8. The number of nitrogens with one attached hydrogen (secondary N) is 1. The van der Waals surface area contributed by atoms with Gasteiger partial charge in [0.15, 0.2) is 0 Å². The molecule has 1 fully saturated rings. The Kier molecular flexibility index (Phi) is 3.52. The van der Waals surface area contributed by atoms with Crippen molar-refractivity contribution in [1.82, 2.24) is 4.98 Å². The second-order valence-electron chi connectivity index (χ2n) is 5.55. The van der Waals surface area contributed by atoms with E-state index in [1.165, 1.54) is 24.9 Å². The third-order valence-corrected chi connectivity index (χ3v) is 3.60. The minimum atomic E-state index is 0.469. The van der Waals surface area contributed by atoms with Gasteiger partial charge in [-0.2, -0.15) is 0 Å². The van der Waals surface area contributed by atoms with Gasteiger partial charge in [-0.1, -0.05) is 13.8 Å². The lowest BCUT2D eigenvalue weighted by Crippen LogP contribution is -2.25. The monoisotopic (exact) mass is 234 g/mol. The summed E-state index contributed by atoms with van der Waals surface area (Å²) >= 11 is 0. The molecule has 2 heterocycles. The Morgan fingerprint density at radius 2 is 2.18 bits per heavy atom. The zero-order chi connectivity index (χ0) is 12.3. The Hall–Kier alpha value is -1.29. The second-order valence-corrected chi connectivity index (χ2v) is 5.55. The summed E-state index contributed by atoms with van der Waals surface area (Å²) in [7, 11) is 0. The Morgan fingerprint density at radius 3 is 2.94 bits per heavy atom. The van der Waals surface area contributed by atoms with E-state index in [1.54, 1.807) is 6.20 Å². The topological polar surface area (TPSA) is 54.2 Å². The van der Waals surface area contributed by atoms with Crippen LogP contribution in [0.1, 0.15) is 33.1 Å². The number of nitrogens with zero attached hydrogens (tertiary/aromatic N) is 2. The molecule has 0 amide bonds. The molecule has 0 radical (unpaired) electrons. The fourth-order valence-electron chi connectivity index (χ4n) is 2.38. The molecule has 0 unspecified atom stereocenters. The van der Waals surface area contributed by atoms with Crippen molar-refractivity contribution < 1.29 is 0 Å². The van der Waals surface area contributed by atoms with Crippen LogP contribution in [0.2, 0.25) is 0 Å². The van der Waals surface area contributed by atoms with E-state index in [2.05, 4.69) is 35.2 Å². The van der Waals surface area contributed by atoms with E-state index in [4.69, 9.17) is 5.84 Å². The SMILES string of the molecule is CC1(C)CCCN(c2ccnc(NN)c2)CC1. The van der Waals surface area contributed by atoms with Crippen LogP contribution in [-0.4, -0.2) is 18.1 Å². The molecule has 2 rings (SSSR count). The number of aromatic nitrogens is 1. The number of nitrogens with two attached hydrogens (primary N) is 1. The van der Waals surface area contributed by atoms with E-state index >= 15 is 0 Å². The number of pyridine rings is 1. The van der Waals surface area contributed by atoms with Crippen LogP contribution in [0.25, 0.3) is 0 Å².